The van der Waals surface area contributed by atoms with E-state index in [1.807, 2.05) is 65.4 Å². The SMILES string of the molecule is O/N=C\c1cn(C[C@@H](O)COc2cccc3cccnc23)c2ccccc12. The third kappa shape index (κ3) is 3.47. The maximum absolute atomic E-state index is 10.5. The predicted molar refractivity (Wildman–Crippen MR) is 105 cm³/mol. The molecule has 2 aromatic carbocycles. The zero-order valence-corrected chi connectivity index (χ0v) is 14.6. The van der Waals surface area contributed by atoms with Crippen LogP contribution >= 0.6 is 0 Å². The molecular weight excluding hydrogens is 342 g/mol. The Morgan fingerprint density at radius 1 is 1.11 bits per heavy atom. The standard InChI is InChI=1S/C21H19N3O3/c25-17(14-27-20-9-3-5-15-6-4-10-22-21(15)20)13-24-12-16(11-23-26)18-7-1-2-8-19(18)24/h1-12,17,25-26H,13-14H2/b23-11-/t17-/m1/s1. The molecular formula is C21H19N3O3. The van der Waals surface area contributed by atoms with E-state index in [1.54, 1.807) is 6.20 Å². The van der Waals surface area contributed by atoms with Crippen molar-refractivity contribution in [2.24, 2.45) is 5.16 Å². The van der Waals surface area contributed by atoms with E-state index in [9.17, 15) is 5.11 Å². The number of pyridine rings is 1. The van der Waals surface area contributed by atoms with Crippen LogP contribution in [0.4, 0.5) is 0 Å². The van der Waals surface area contributed by atoms with E-state index in [-0.39, 0.29) is 6.61 Å². The number of fused-ring (bicyclic) bond motifs is 2. The fraction of sp³-hybridized carbons (Fsp3) is 0.143. The number of rotatable bonds is 6. The molecule has 0 radical (unpaired) electrons. The Kier molecular flexibility index (Phi) is 4.72. The predicted octanol–water partition coefficient (Wildman–Crippen LogP) is 3.44. The maximum Gasteiger partial charge on any atom is 0.145 e. The number of ether oxygens (including phenoxy) is 1. The molecule has 6 nitrogen and oxygen atoms in total. The average Bonchev–Trinajstić information content (AvgIpc) is 3.04. The van der Waals surface area contributed by atoms with Gasteiger partial charge in [-0.15, -0.1) is 0 Å². The highest BCUT2D eigenvalue weighted by Gasteiger charge is 2.12. The number of hydrogen-bond donors (Lipinski definition) is 2. The summed E-state index contributed by atoms with van der Waals surface area (Å²) in [4.78, 5) is 4.36. The van der Waals surface area contributed by atoms with E-state index < -0.39 is 6.10 Å². The average molecular weight is 361 g/mol. The van der Waals surface area contributed by atoms with Crippen LogP contribution in [0.3, 0.4) is 0 Å². The van der Waals surface area contributed by atoms with Crippen molar-refractivity contribution in [1.82, 2.24) is 9.55 Å². The first-order valence-electron chi connectivity index (χ1n) is 8.66. The highest BCUT2D eigenvalue weighted by molar-refractivity contribution is 5.99. The second kappa shape index (κ2) is 7.47. The Bertz CT molecular complexity index is 1100. The van der Waals surface area contributed by atoms with Crippen LogP contribution in [0.5, 0.6) is 5.75 Å². The van der Waals surface area contributed by atoms with E-state index in [4.69, 9.17) is 9.94 Å². The molecule has 0 aliphatic heterocycles. The number of aromatic nitrogens is 2. The lowest BCUT2D eigenvalue weighted by Gasteiger charge is -2.15. The normalized spacial score (nSPS) is 12.8. The van der Waals surface area contributed by atoms with Crippen LogP contribution in [-0.4, -0.2) is 38.8 Å². The van der Waals surface area contributed by atoms with Crippen molar-refractivity contribution >= 4 is 28.0 Å². The lowest BCUT2D eigenvalue weighted by Crippen LogP contribution is -2.23. The van der Waals surface area contributed by atoms with E-state index in [0.29, 0.717) is 12.3 Å². The fourth-order valence-corrected chi connectivity index (χ4v) is 3.25. The maximum atomic E-state index is 10.5. The molecule has 0 fully saturated rings. The van der Waals surface area contributed by atoms with Gasteiger partial charge in [-0.05, 0) is 18.2 Å². The summed E-state index contributed by atoms with van der Waals surface area (Å²) in [6.45, 7) is 0.504. The number of oxime groups is 1. The molecule has 2 heterocycles. The van der Waals surface area contributed by atoms with Crippen LogP contribution in [0, 0.1) is 0 Å². The smallest absolute Gasteiger partial charge is 0.145 e. The first-order valence-corrected chi connectivity index (χ1v) is 8.66. The molecule has 0 saturated heterocycles. The van der Waals surface area contributed by atoms with Crippen LogP contribution < -0.4 is 4.74 Å². The van der Waals surface area contributed by atoms with Crippen LogP contribution in [0.2, 0.25) is 0 Å². The molecule has 6 heteroatoms. The summed E-state index contributed by atoms with van der Waals surface area (Å²) >= 11 is 0. The van der Waals surface area contributed by atoms with Crippen molar-refractivity contribution in [2.75, 3.05) is 6.61 Å². The van der Waals surface area contributed by atoms with Gasteiger partial charge in [-0.1, -0.05) is 41.6 Å². The molecule has 4 rings (SSSR count). The summed E-state index contributed by atoms with van der Waals surface area (Å²) < 4.78 is 7.76. The number of nitrogens with zero attached hydrogens (tertiary/aromatic N) is 3. The first-order chi connectivity index (χ1) is 13.3. The molecule has 1 atom stereocenters. The lowest BCUT2D eigenvalue weighted by atomic mass is 10.2. The van der Waals surface area contributed by atoms with Gasteiger partial charge in [0.15, 0.2) is 0 Å². The Hall–Kier alpha value is -3.38. The van der Waals surface area contributed by atoms with E-state index >= 15 is 0 Å². The molecule has 2 N–H and O–H groups in total. The summed E-state index contributed by atoms with van der Waals surface area (Å²) in [5, 5.41) is 24.4. The van der Waals surface area contributed by atoms with E-state index in [1.165, 1.54) is 6.21 Å². The summed E-state index contributed by atoms with van der Waals surface area (Å²) in [6.07, 6.45) is 4.26. The van der Waals surface area contributed by atoms with Crippen LogP contribution in [0.25, 0.3) is 21.8 Å². The lowest BCUT2D eigenvalue weighted by molar-refractivity contribution is 0.0942. The van der Waals surface area contributed by atoms with Crippen molar-refractivity contribution in [1.29, 1.82) is 0 Å². The Labute approximate surface area is 156 Å². The second-order valence-electron chi connectivity index (χ2n) is 6.29. The monoisotopic (exact) mass is 361 g/mol. The minimum atomic E-state index is -0.710. The molecule has 0 spiro atoms. The molecule has 0 bridgehead atoms. The molecule has 27 heavy (non-hydrogen) atoms. The molecule has 136 valence electrons. The van der Waals surface area contributed by atoms with Crippen molar-refractivity contribution in [3.8, 4) is 5.75 Å². The van der Waals surface area contributed by atoms with Crippen molar-refractivity contribution in [2.45, 2.75) is 12.6 Å². The molecule has 0 amide bonds. The van der Waals surface area contributed by atoms with Gasteiger partial charge in [0.1, 0.15) is 24.0 Å². The van der Waals surface area contributed by atoms with Gasteiger partial charge in [0.25, 0.3) is 0 Å². The van der Waals surface area contributed by atoms with Gasteiger partial charge in [-0.25, -0.2) is 0 Å². The van der Waals surface area contributed by atoms with Gasteiger partial charge in [-0.3, -0.25) is 4.98 Å². The number of aliphatic hydroxyl groups excluding tert-OH is 1. The summed E-state index contributed by atoms with van der Waals surface area (Å²) in [7, 11) is 0. The number of para-hydroxylation sites is 2. The minimum absolute atomic E-state index is 0.144. The van der Waals surface area contributed by atoms with Gasteiger partial charge in [0.05, 0.1) is 12.8 Å². The first kappa shape index (κ1) is 17.1. The summed E-state index contributed by atoms with van der Waals surface area (Å²) in [5.41, 5.74) is 2.53. The molecule has 0 aliphatic carbocycles. The summed E-state index contributed by atoms with van der Waals surface area (Å²) in [6, 6.07) is 17.4. The topological polar surface area (TPSA) is 79.9 Å². The zero-order valence-electron chi connectivity index (χ0n) is 14.6. The highest BCUT2D eigenvalue weighted by Crippen LogP contribution is 2.24. The Morgan fingerprint density at radius 2 is 1.96 bits per heavy atom. The number of hydrogen-bond acceptors (Lipinski definition) is 5. The van der Waals surface area contributed by atoms with Gasteiger partial charge >= 0.3 is 0 Å². The Morgan fingerprint density at radius 3 is 2.85 bits per heavy atom. The van der Waals surface area contributed by atoms with Crippen molar-refractivity contribution in [3.05, 3.63) is 72.6 Å². The van der Waals surface area contributed by atoms with Gasteiger partial charge in [0, 0.05) is 34.2 Å². The molecule has 0 aliphatic rings. The quantitative estimate of drug-likeness (QED) is 0.313. The van der Waals surface area contributed by atoms with Gasteiger partial charge in [-0.2, -0.15) is 0 Å². The second-order valence-corrected chi connectivity index (χ2v) is 6.29. The fourth-order valence-electron chi connectivity index (χ4n) is 3.25. The highest BCUT2D eigenvalue weighted by atomic mass is 16.5. The minimum Gasteiger partial charge on any atom is -0.489 e. The van der Waals surface area contributed by atoms with Crippen LogP contribution in [0.1, 0.15) is 5.56 Å². The number of aliphatic hydroxyl groups is 1. The van der Waals surface area contributed by atoms with E-state index in [2.05, 4.69) is 10.1 Å². The molecule has 0 unspecified atom stereocenters. The molecule has 2 aromatic heterocycles. The zero-order chi connectivity index (χ0) is 18.6. The van der Waals surface area contributed by atoms with Crippen molar-refractivity contribution < 1.29 is 15.1 Å². The molecule has 4 aromatic rings. The summed E-state index contributed by atoms with van der Waals surface area (Å²) in [5.74, 6) is 0.651. The van der Waals surface area contributed by atoms with Crippen LogP contribution in [-0.2, 0) is 6.54 Å². The van der Waals surface area contributed by atoms with Gasteiger partial charge in [0.2, 0.25) is 0 Å². The van der Waals surface area contributed by atoms with Crippen LogP contribution in [0.15, 0.2) is 72.1 Å². The third-order valence-corrected chi connectivity index (χ3v) is 4.45. The number of benzene rings is 2. The Balaban J connectivity index is 1.51. The third-order valence-electron chi connectivity index (χ3n) is 4.45. The van der Waals surface area contributed by atoms with E-state index in [0.717, 1.165) is 27.4 Å². The van der Waals surface area contributed by atoms with Gasteiger partial charge < -0.3 is 19.6 Å². The molecule has 0 saturated carbocycles. The van der Waals surface area contributed by atoms with Crippen molar-refractivity contribution in [3.63, 3.8) is 0 Å². The largest absolute Gasteiger partial charge is 0.489 e.